The van der Waals surface area contributed by atoms with Crippen molar-refractivity contribution in [1.29, 1.82) is 0 Å². The Hall–Kier alpha value is -1.89. The standard InChI is InChI=1S/C15H16F3N3O/c16-15(17,18)12-6-3-5-11-13(12)20-9-21(14(11)22)8-10-4-1-2-7-19-10/h3,5-6,9-10,19H,1-2,4,7-8H2. The van der Waals surface area contributed by atoms with Crippen LogP contribution in [0, 0.1) is 0 Å². The van der Waals surface area contributed by atoms with Gasteiger partial charge in [0, 0.05) is 12.6 Å². The molecule has 1 aliphatic rings. The maximum Gasteiger partial charge on any atom is 0.418 e. The van der Waals surface area contributed by atoms with Crippen molar-refractivity contribution in [1.82, 2.24) is 14.9 Å². The molecule has 2 aromatic rings. The predicted molar refractivity (Wildman–Crippen MR) is 76.6 cm³/mol. The van der Waals surface area contributed by atoms with Gasteiger partial charge in [-0.05, 0) is 31.5 Å². The van der Waals surface area contributed by atoms with E-state index >= 15 is 0 Å². The third-order valence-electron chi connectivity index (χ3n) is 3.99. The molecule has 0 amide bonds. The second-order valence-electron chi connectivity index (χ2n) is 5.55. The molecule has 0 radical (unpaired) electrons. The molecule has 1 atom stereocenters. The summed E-state index contributed by atoms with van der Waals surface area (Å²) in [6.07, 6.45) is -0.152. The van der Waals surface area contributed by atoms with E-state index < -0.39 is 17.3 Å². The number of para-hydroxylation sites is 1. The normalized spacial score (nSPS) is 19.5. The second-order valence-corrected chi connectivity index (χ2v) is 5.55. The summed E-state index contributed by atoms with van der Waals surface area (Å²) in [5.41, 5.74) is -1.58. The molecule has 1 aromatic heterocycles. The number of hydrogen-bond donors (Lipinski definition) is 1. The van der Waals surface area contributed by atoms with Gasteiger partial charge in [0.2, 0.25) is 0 Å². The van der Waals surface area contributed by atoms with Gasteiger partial charge >= 0.3 is 6.18 Å². The fourth-order valence-electron chi connectivity index (χ4n) is 2.87. The van der Waals surface area contributed by atoms with Crippen molar-refractivity contribution in [3.63, 3.8) is 0 Å². The molecule has 1 aromatic carbocycles. The number of halogens is 3. The van der Waals surface area contributed by atoms with E-state index in [1.165, 1.54) is 23.0 Å². The number of benzene rings is 1. The van der Waals surface area contributed by atoms with E-state index in [-0.39, 0.29) is 16.9 Å². The minimum Gasteiger partial charge on any atom is -0.312 e. The van der Waals surface area contributed by atoms with Gasteiger partial charge in [-0.3, -0.25) is 9.36 Å². The van der Waals surface area contributed by atoms with Gasteiger partial charge < -0.3 is 5.32 Å². The molecule has 2 heterocycles. The molecule has 7 heteroatoms. The summed E-state index contributed by atoms with van der Waals surface area (Å²) in [5.74, 6) is 0. The van der Waals surface area contributed by atoms with Crippen LogP contribution in [0.5, 0.6) is 0 Å². The van der Waals surface area contributed by atoms with Crippen molar-refractivity contribution in [2.24, 2.45) is 0 Å². The SMILES string of the molecule is O=c1c2cccc(C(F)(F)F)c2ncn1CC1CCCCN1. The van der Waals surface area contributed by atoms with Crippen LogP contribution in [0.25, 0.3) is 10.9 Å². The van der Waals surface area contributed by atoms with Gasteiger partial charge in [-0.1, -0.05) is 12.5 Å². The number of fused-ring (bicyclic) bond motifs is 1. The van der Waals surface area contributed by atoms with Gasteiger partial charge in [0.15, 0.2) is 0 Å². The zero-order valence-corrected chi connectivity index (χ0v) is 11.9. The number of hydrogen-bond acceptors (Lipinski definition) is 3. The van der Waals surface area contributed by atoms with E-state index in [0.717, 1.165) is 31.9 Å². The maximum absolute atomic E-state index is 13.0. The highest BCUT2D eigenvalue weighted by Crippen LogP contribution is 2.32. The molecule has 0 saturated carbocycles. The van der Waals surface area contributed by atoms with Crippen LogP contribution in [0.2, 0.25) is 0 Å². The van der Waals surface area contributed by atoms with Gasteiger partial charge in [-0.15, -0.1) is 0 Å². The van der Waals surface area contributed by atoms with Crippen molar-refractivity contribution in [3.05, 3.63) is 40.4 Å². The highest BCUT2D eigenvalue weighted by atomic mass is 19.4. The number of nitrogens with zero attached hydrogens (tertiary/aromatic N) is 2. The molecule has 4 nitrogen and oxygen atoms in total. The Bertz CT molecular complexity index is 733. The third kappa shape index (κ3) is 2.85. The molecule has 1 unspecified atom stereocenters. The largest absolute Gasteiger partial charge is 0.418 e. The summed E-state index contributed by atoms with van der Waals surface area (Å²) in [7, 11) is 0. The molecular weight excluding hydrogens is 295 g/mol. The van der Waals surface area contributed by atoms with E-state index in [1.807, 2.05) is 0 Å². The maximum atomic E-state index is 13.0. The van der Waals surface area contributed by atoms with Gasteiger partial charge in [0.05, 0.1) is 22.8 Å². The van der Waals surface area contributed by atoms with Crippen LogP contribution >= 0.6 is 0 Å². The van der Waals surface area contributed by atoms with Crippen molar-refractivity contribution in [2.75, 3.05) is 6.54 Å². The Morgan fingerprint density at radius 3 is 2.82 bits per heavy atom. The summed E-state index contributed by atoms with van der Waals surface area (Å²) in [4.78, 5) is 16.3. The summed E-state index contributed by atoms with van der Waals surface area (Å²) >= 11 is 0. The minimum absolute atomic E-state index is 0.00753. The van der Waals surface area contributed by atoms with Gasteiger partial charge in [0.1, 0.15) is 0 Å². The fraction of sp³-hybridized carbons (Fsp3) is 0.467. The molecule has 0 spiro atoms. The summed E-state index contributed by atoms with van der Waals surface area (Å²) in [6, 6.07) is 3.75. The zero-order valence-electron chi connectivity index (χ0n) is 11.9. The smallest absolute Gasteiger partial charge is 0.312 e. The van der Waals surface area contributed by atoms with Crippen LogP contribution in [0.4, 0.5) is 13.2 Å². The molecule has 118 valence electrons. The van der Waals surface area contributed by atoms with Crippen molar-refractivity contribution >= 4 is 10.9 Å². The number of alkyl halides is 3. The molecule has 3 rings (SSSR count). The van der Waals surface area contributed by atoms with E-state index in [0.29, 0.717) is 6.54 Å². The first-order chi connectivity index (χ1) is 10.5. The highest BCUT2D eigenvalue weighted by Gasteiger charge is 2.33. The molecule has 1 saturated heterocycles. The number of nitrogens with one attached hydrogen (secondary N) is 1. The van der Waals surface area contributed by atoms with Gasteiger partial charge in [-0.2, -0.15) is 13.2 Å². The van der Waals surface area contributed by atoms with Crippen molar-refractivity contribution < 1.29 is 13.2 Å². The lowest BCUT2D eigenvalue weighted by Crippen LogP contribution is -2.39. The first kappa shape index (κ1) is 15.0. The Labute approximate surface area is 125 Å². The quantitative estimate of drug-likeness (QED) is 0.927. The Morgan fingerprint density at radius 2 is 2.14 bits per heavy atom. The number of piperidine rings is 1. The molecule has 0 bridgehead atoms. The number of aromatic nitrogens is 2. The van der Waals surface area contributed by atoms with E-state index in [9.17, 15) is 18.0 Å². The van der Waals surface area contributed by atoms with Crippen molar-refractivity contribution in [2.45, 2.75) is 38.0 Å². The van der Waals surface area contributed by atoms with Crippen LogP contribution in [-0.2, 0) is 12.7 Å². The topological polar surface area (TPSA) is 46.9 Å². The van der Waals surface area contributed by atoms with E-state index in [2.05, 4.69) is 10.3 Å². The Balaban J connectivity index is 2.01. The summed E-state index contributed by atoms with van der Waals surface area (Å²) in [6.45, 7) is 1.33. The van der Waals surface area contributed by atoms with Crippen molar-refractivity contribution in [3.8, 4) is 0 Å². The molecular formula is C15H16F3N3O. The highest BCUT2D eigenvalue weighted by molar-refractivity contribution is 5.81. The number of rotatable bonds is 2. The molecule has 1 aliphatic heterocycles. The van der Waals surface area contributed by atoms with Crippen LogP contribution in [-0.4, -0.2) is 22.1 Å². The van der Waals surface area contributed by atoms with Crippen LogP contribution in [0.3, 0.4) is 0 Å². The molecule has 22 heavy (non-hydrogen) atoms. The van der Waals surface area contributed by atoms with Gasteiger partial charge in [-0.25, -0.2) is 4.98 Å². The summed E-state index contributed by atoms with van der Waals surface area (Å²) in [5, 5.41) is 3.32. The molecule has 1 fully saturated rings. The summed E-state index contributed by atoms with van der Waals surface area (Å²) < 4.78 is 40.3. The average molecular weight is 311 g/mol. The lowest BCUT2D eigenvalue weighted by molar-refractivity contribution is -0.136. The predicted octanol–water partition coefficient (Wildman–Crippen LogP) is 2.56. The van der Waals surface area contributed by atoms with Crippen LogP contribution in [0.1, 0.15) is 24.8 Å². The lowest BCUT2D eigenvalue weighted by Gasteiger charge is -2.24. The van der Waals surface area contributed by atoms with Crippen LogP contribution < -0.4 is 10.9 Å². The molecule has 1 N–H and O–H groups in total. The van der Waals surface area contributed by atoms with E-state index in [1.54, 1.807) is 0 Å². The van der Waals surface area contributed by atoms with E-state index in [4.69, 9.17) is 0 Å². The second kappa shape index (κ2) is 5.72. The average Bonchev–Trinajstić information content (AvgIpc) is 2.50. The monoisotopic (exact) mass is 311 g/mol. The third-order valence-corrected chi connectivity index (χ3v) is 3.99. The Kier molecular flexibility index (Phi) is 3.90. The Morgan fingerprint density at radius 1 is 1.32 bits per heavy atom. The molecule has 0 aliphatic carbocycles. The first-order valence-corrected chi connectivity index (χ1v) is 7.25. The minimum atomic E-state index is -4.52. The van der Waals surface area contributed by atoms with Crippen LogP contribution in [0.15, 0.2) is 29.3 Å². The first-order valence-electron chi connectivity index (χ1n) is 7.25. The zero-order chi connectivity index (χ0) is 15.7. The lowest BCUT2D eigenvalue weighted by atomic mass is 10.0. The fourth-order valence-corrected chi connectivity index (χ4v) is 2.87. The van der Waals surface area contributed by atoms with Gasteiger partial charge in [0.25, 0.3) is 5.56 Å².